The normalized spacial score (nSPS) is 17.2. The van der Waals surface area contributed by atoms with Gasteiger partial charge in [0.1, 0.15) is 5.60 Å². The molecule has 2 aromatic rings. The highest BCUT2D eigenvalue weighted by molar-refractivity contribution is 6.33. The van der Waals surface area contributed by atoms with Crippen molar-refractivity contribution in [3.63, 3.8) is 0 Å². The van der Waals surface area contributed by atoms with Gasteiger partial charge in [-0.15, -0.1) is 0 Å². The summed E-state index contributed by atoms with van der Waals surface area (Å²) in [5, 5.41) is 0.452. The Morgan fingerprint density at radius 1 is 1.10 bits per heavy atom. The second-order valence-electron chi connectivity index (χ2n) is 8.08. The molecule has 1 heterocycles. The van der Waals surface area contributed by atoms with E-state index in [0.29, 0.717) is 30.2 Å². The summed E-state index contributed by atoms with van der Waals surface area (Å²) in [6.07, 6.45) is -0.326. The van der Waals surface area contributed by atoms with Crippen LogP contribution in [0.25, 0.3) is 0 Å². The zero-order valence-electron chi connectivity index (χ0n) is 16.9. The highest BCUT2D eigenvalue weighted by atomic mass is 35.5. The van der Waals surface area contributed by atoms with E-state index in [1.807, 2.05) is 57.2 Å². The molecule has 0 bridgehead atoms. The van der Waals surface area contributed by atoms with E-state index in [-0.39, 0.29) is 12.1 Å². The smallest absolute Gasteiger partial charge is 0.410 e. The van der Waals surface area contributed by atoms with Gasteiger partial charge in [0.05, 0.1) is 16.8 Å². The average Bonchev–Trinajstić information content (AvgIpc) is 2.67. The Kier molecular flexibility index (Phi) is 6.03. The highest BCUT2D eigenvalue weighted by Gasteiger charge is 2.33. The van der Waals surface area contributed by atoms with Gasteiger partial charge in [0, 0.05) is 25.2 Å². The molecule has 154 valence electrons. The summed E-state index contributed by atoms with van der Waals surface area (Å²) in [6, 6.07) is 14.9. The molecule has 0 spiro atoms. The molecule has 2 amide bonds. The molecular formula is C22H26ClN3O3. The molecule has 2 aromatic carbocycles. The van der Waals surface area contributed by atoms with Gasteiger partial charge in [-0.3, -0.25) is 4.79 Å². The van der Waals surface area contributed by atoms with Crippen molar-refractivity contribution in [1.29, 1.82) is 0 Å². The van der Waals surface area contributed by atoms with Gasteiger partial charge < -0.3 is 20.3 Å². The van der Waals surface area contributed by atoms with Crippen molar-refractivity contribution in [2.75, 3.05) is 24.5 Å². The molecule has 1 atom stereocenters. The fraction of sp³-hybridized carbons (Fsp3) is 0.364. The molecule has 6 nitrogen and oxygen atoms in total. The van der Waals surface area contributed by atoms with Crippen LogP contribution in [0, 0.1) is 0 Å². The first-order valence-corrected chi connectivity index (χ1v) is 9.92. The molecule has 1 saturated heterocycles. The maximum Gasteiger partial charge on any atom is 0.410 e. The molecule has 29 heavy (non-hydrogen) atoms. The number of hydrogen-bond acceptors (Lipinski definition) is 4. The number of primary amides is 1. The van der Waals surface area contributed by atoms with Gasteiger partial charge in [-0.25, -0.2) is 4.79 Å². The second kappa shape index (κ2) is 8.33. The Hall–Kier alpha value is -2.73. The molecule has 7 heteroatoms. The van der Waals surface area contributed by atoms with Crippen LogP contribution >= 0.6 is 11.6 Å². The number of benzene rings is 2. The third-order valence-electron chi connectivity index (χ3n) is 4.76. The van der Waals surface area contributed by atoms with Crippen LogP contribution in [-0.2, 0) is 4.74 Å². The molecule has 0 aliphatic carbocycles. The number of amides is 2. The predicted octanol–water partition coefficient (Wildman–Crippen LogP) is 4.24. The summed E-state index contributed by atoms with van der Waals surface area (Å²) in [5.41, 5.74) is 7.04. The van der Waals surface area contributed by atoms with Gasteiger partial charge in [0.2, 0.25) is 5.91 Å². The Morgan fingerprint density at radius 2 is 1.79 bits per heavy atom. The van der Waals surface area contributed by atoms with E-state index in [0.717, 1.165) is 11.3 Å². The first-order chi connectivity index (χ1) is 13.7. The van der Waals surface area contributed by atoms with Gasteiger partial charge in [0.25, 0.3) is 0 Å². The van der Waals surface area contributed by atoms with Crippen molar-refractivity contribution in [3.8, 4) is 0 Å². The van der Waals surface area contributed by atoms with E-state index in [1.165, 1.54) is 0 Å². The first kappa shape index (κ1) is 21.0. The molecular weight excluding hydrogens is 390 g/mol. The number of hydrogen-bond donors (Lipinski definition) is 1. The van der Waals surface area contributed by atoms with Crippen LogP contribution in [0.2, 0.25) is 5.02 Å². The molecule has 1 aliphatic heterocycles. The number of piperazine rings is 1. The molecule has 3 rings (SSSR count). The Balaban J connectivity index is 1.91. The molecule has 0 radical (unpaired) electrons. The van der Waals surface area contributed by atoms with Gasteiger partial charge >= 0.3 is 6.09 Å². The van der Waals surface area contributed by atoms with Crippen LogP contribution in [0.3, 0.4) is 0 Å². The zero-order valence-corrected chi connectivity index (χ0v) is 17.6. The zero-order chi connectivity index (χ0) is 21.2. The largest absolute Gasteiger partial charge is 0.444 e. The fourth-order valence-corrected chi connectivity index (χ4v) is 3.71. The Labute approximate surface area is 176 Å². The van der Waals surface area contributed by atoms with Crippen molar-refractivity contribution in [2.45, 2.75) is 32.4 Å². The number of nitrogens with two attached hydrogens (primary N) is 1. The minimum Gasteiger partial charge on any atom is -0.444 e. The maximum absolute atomic E-state index is 12.6. The number of rotatable bonds is 3. The van der Waals surface area contributed by atoms with Crippen LogP contribution in [0.1, 0.15) is 42.7 Å². The van der Waals surface area contributed by atoms with Crippen LogP contribution in [-0.4, -0.2) is 42.1 Å². The number of ether oxygens (including phenoxy) is 1. The lowest BCUT2D eigenvalue weighted by Gasteiger charge is -2.43. The lowest BCUT2D eigenvalue weighted by molar-refractivity contribution is 0.0214. The van der Waals surface area contributed by atoms with Crippen molar-refractivity contribution in [3.05, 3.63) is 64.7 Å². The monoisotopic (exact) mass is 415 g/mol. The summed E-state index contributed by atoms with van der Waals surface area (Å²) < 4.78 is 5.56. The van der Waals surface area contributed by atoms with Crippen LogP contribution in [0.4, 0.5) is 10.5 Å². The summed E-state index contributed by atoms with van der Waals surface area (Å²) in [4.78, 5) is 28.0. The molecule has 1 fully saturated rings. The topological polar surface area (TPSA) is 75.9 Å². The number of anilines is 1. The van der Waals surface area contributed by atoms with Gasteiger partial charge in [-0.05, 0) is 44.5 Å². The minimum atomic E-state index is -0.551. The second-order valence-corrected chi connectivity index (χ2v) is 8.48. The maximum atomic E-state index is 12.6. The number of halogens is 1. The number of nitrogens with zero attached hydrogens (tertiary/aromatic N) is 2. The van der Waals surface area contributed by atoms with E-state index in [2.05, 4.69) is 4.90 Å². The molecule has 2 N–H and O–H groups in total. The van der Waals surface area contributed by atoms with Crippen molar-refractivity contribution in [1.82, 2.24) is 4.90 Å². The number of carbonyl (C=O) groups excluding carboxylic acids is 2. The summed E-state index contributed by atoms with van der Waals surface area (Å²) in [7, 11) is 0. The van der Waals surface area contributed by atoms with E-state index in [9.17, 15) is 9.59 Å². The lowest BCUT2D eigenvalue weighted by Crippen LogP contribution is -2.51. The summed E-state index contributed by atoms with van der Waals surface area (Å²) >= 11 is 6.49. The SMILES string of the molecule is CC(C)(C)OC(=O)N1CCN(c2ccc(C(N)=O)cc2Cl)[C@H](c2ccccc2)C1. The number of carbonyl (C=O) groups is 2. The first-order valence-electron chi connectivity index (χ1n) is 9.54. The fourth-order valence-electron chi connectivity index (χ4n) is 3.42. The molecule has 1 aliphatic rings. The van der Waals surface area contributed by atoms with E-state index < -0.39 is 11.5 Å². The standard InChI is InChI=1S/C22H26ClN3O3/c1-22(2,3)29-21(28)25-11-12-26(19(14-25)15-7-5-4-6-8-15)18-10-9-16(20(24)27)13-17(18)23/h4-10,13,19H,11-12,14H2,1-3H3,(H2,24,27)/t19-/m0/s1. The third kappa shape index (κ3) is 5.01. The molecule has 0 aromatic heterocycles. The van der Waals surface area contributed by atoms with E-state index in [4.69, 9.17) is 22.1 Å². The van der Waals surface area contributed by atoms with Gasteiger partial charge in [-0.1, -0.05) is 41.9 Å². The Bertz CT molecular complexity index is 896. The molecule has 0 saturated carbocycles. The van der Waals surface area contributed by atoms with E-state index in [1.54, 1.807) is 17.0 Å². The van der Waals surface area contributed by atoms with Gasteiger partial charge in [-0.2, -0.15) is 0 Å². The van der Waals surface area contributed by atoms with E-state index >= 15 is 0 Å². The van der Waals surface area contributed by atoms with Crippen LogP contribution in [0.15, 0.2) is 48.5 Å². The Morgan fingerprint density at radius 3 is 2.38 bits per heavy atom. The average molecular weight is 416 g/mol. The summed E-state index contributed by atoms with van der Waals surface area (Å²) in [5.74, 6) is -0.521. The lowest BCUT2D eigenvalue weighted by atomic mass is 10.0. The van der Waals surface area contributed by atoms with Crippen LogP contribution in [0.5, 0.6) is 0 Å². The molecule has 0 unspecified atom stereocenters. The highest BCUT2D eigenvalue weighted by Crippen LogP contribution is 2.36. The van der Waals surface area contributed by atoms with Crippen LogP contribution < -0.4 is 10.6 Å². The van der Waals surface area contributed by atoms with Crippen molar-refractivity contribution >= 4 is 29.3 Å². The summed E-state index contributed by atoms with van der Waals surface area (Å²) in [6.45, 7) is 7.12. The van der Waals surface area contributed by atoms with Gasteiger partial charge in [0.15, 0.2) is 0 Å². The third-order valence-corrected chi connectivity index (χ3v) is 5.06. The van der Waals surface area contributed by atoms with Crippen molar-refractivity contribution in [2.24, 2.45) is 5.73 Å². The van der Waals surface area contributed by atoms with Crippen molar-refractivity contribution < 1.29 is 14.3 Å². The predicted molar refractivity (Wildman–Crippen MR) is 114 cm³/mol. The quantitative estimate of drug-likeness (QED) is 0.813. The minimum absolute atomic E-state index is 0.102.